The van der Waals surface area contributed by atoms with Gasteiger partial charge in [0.05, 0.1) is 18.2 Å². The number of imide groups is 1. The number of hydrogen-bond donors (Lipinski definition) is 0. The van der Waals surface area contributed by atoms with Crippen LogP contribution < -0.4 is 4.90 Å². The molecule has 1 aromatic carbocycles. The van der Waals surface area contributed by atoms with Crippen molar-refractivity contribution in [2.45, 2.75) is 12.5 Å². The van der Waals surface area contributed by atoms with E-state index in [1.807, 2.05) is 17.0 Å². The van der Waals surface area contributed by atoms with E-state index in [1.54, 1.807) is 17.0 Å². The fraction of sp³-hybridized carbons (Fsp3) is 0.400. The monoisotopic (exact) mass is 365 g/mol. The molecule has 0 saturated carbocycles. The molecule has 2 aliphatic rings. The maximum atomic E-state index is 12.6. The minimum Gasteiger partial charge on any atom is -0.343 e. The molecule has 0 radical (unpaired) electrons. The minimum atomic E-state index is -0.412. The van der Waals surface area contributed by atoms with Crippen LogP contribution >= 0.6 is 15.9 Å². The van der Waals surface area contributed by atoms with Crippen LogP contribution in [0.15, 0.2) is 28.7 Å². The van der Waals surface area contributed by atoms with Crippen LogP contribution in [-0.2, 0) is 14.4 Å². The largest absolute Gasteiger partial charge is 0.343 e. The predicted molar refractivity (Wildman–Crippen MR) is 84.3 cm³/mol. The third kappa shape index (κ3) is 2.78. The van der Waals surface area contributed by atoms with Crippen molar-refractivity contribution in [1.29, 1.82) is 0 Å². The summed E-state index contributed by atoms with van der Waals surface area (Å²) in [6.07, 6.45) is 1.03. The molecular formula is C15H16BrN3O3. The number of hydrogen-bond acceptors (Lipinski definition) is 4. The molecule has 6 nitrogen and oxygen atoms in total. The van der Waals surface area contributed by atoms with Crippen LogP contribution in [-0.4, -0.2) is 60.2 Å². The molecule has 2 fully saturated rings. The summed E-state index contributed by atoms with van der Waals surface area (Å²) in [5.74, 6) is -0.345. The maximum absolute atomic E-state index is 12.6. The van der Waals surface area contributed by atoms with E-state index in [9.17, 15) is 14.4 Å². The summed E-state index contributed by atoms with van der Waals surface area (Å²) in [6.45, 7) is 2.44. The Hall–Kier alpha value is -1.73. The molecule has 2 heterocycles. The number of rotatable bonds is 3. The first-order valence-corrected chi connectivity index (χ1v) is 7.95. The highest BCUT2D eigenvalue weighted by Gasteiger charge is 2.43. The van der Waals surface area contributed by atoms with E-state index >= 15 is 0 Å². The highest BCUT2D eigenvalue weighted by atomic mass is 79.9. The number of anilines is 1. The Morgan fingerprint density at radius 2 is 1.68 bits per heavy atom. The number of piperazine rings is 1. The number of nitrogens with zero attached hydrogens (tertiary/aromatic N) is 3. The Morgan fingerprint density at radius 1 is 1.05 bits per heavy atom. The van der Waals surface area contributed by atoms with Crippen LogP contribution in [0.3, 0.4) is 0 Å². The van der Waals surface area contributed by atoms with Gasteiger partial charge < -0.3 is 4.90 Å². The van der Waals surface area contributed by atoms with Crippen molar-refractivity contribution in [3.05, 3.63) is 28.7 Å². The number of amides is 3. The van der Waals surface area contributed by atoms with Gasteiger partial charge in [-0.25, -0.2) is 4.90 Å². The van der Waals surface area contributed by atoms with E-state index in [1.165, 1.54) is 4.90 Å². The highest BCUT2D eigenvalue weighted by molar-refractivity contribution is 9.10. The quantitative estimate of drug-likeness (QED) is 0.588. The molecule has 0 spiro atoms. The molecule has 1 aromatic rings. The van der Waals surface area contributed by atoms with E-state index in [0.717, 1.165) is 10.9 Å². The molecule has 0 aromatic heterocycles. The van der Waals surface area contributed by atoms with E-state index in [4.69, 9.17) is 0 Å². The second-order valence-electron chi connectivity index (χ2n) is 5.44. The normalized spacial score (nSPS) is 23.2. The second-order valence-corrected chi connectivity index (χ2v) is 6.36. The first-order chi connectivity index (χ1) is 10.6. The molecular weight excluding hydrogens is 350 g/mol. The molecule has 0 aliphatic carbocycles. The lowest BCUT2D eigenvalue weighted by Gasteiger charge is -2.35. The summed E-state index contributed by atoms with van der Waals surface area (Å²) in [5.41, 5.74) is 0.604. The van der Waals surface area contributed by atoms with Gasteiger partial charge in [0, 0.05) is 30.7 Å². The lowest BCUT2D eigenvalue weighted by atomic mass is 10.2. The van der Waals surface area contributed by atoms with Crippen molar-refractivity contribution >= 4 is 39.8 Å². The van der Waals surface area contributed by atoms with Crippen molar-refractivity contribution in [3.63, 3.8) is 0 Å². The number of carbonyl (C=O) groups excluding carboxylic acids is 3. The summed E-state index contributed by atoms with van der Waals surface area (Å²) in [6, 6.07) is 6.72. The summed E-state index contributed by atoms with van der Waals surface area (Å²) >= 11 is 3.34. The lowest BCUT2D eigenvalue weighted by molar-refractivity contribution is -0.124. The first-order valence-electron chi connectivity index (χ1n) is 7.16. The number of benzene rings is 1. The van der Waals surface area contributed by atoms with Gasteiger partial charge in [-0.2, -0.15) is 0 Å². The van der Waals surface area contributed by atoms with Crippen molar-refractivity contribution in [2.24, 2.45) is 0 Å². The second kappa shape index (κ2) is 6.18. The third-order valence-electron chi connectivity index (χ3n) is 4.15. The molecule has 2 aliphatic heterocycles. The topological polar surface area (TPSA) is 60.9 Å². The SMILES string of the molecule is O=CN1CCN([C@@H]2CC(=O)N(c3ccc(Br)cc3)C2=O)CC1. The smallest absolute Gasteiger partial charge is 0.251 e. The molecule has 3 amide bonds. The zero-order valence-corrected chi connectivity index (χ0v) is 13.5. The molecule has 22 heavy (non-hydrogen) atoms. The molecule has 1 atom stereocenters. The minimum absolute atomic E-state index is 0.171. The Labute approximate surface area is 136 Å². The van der Waals surface area contributed by atoms with Gasteiger partial charge in [-0.15, -0.1) is 0 Å². The van der Waals surface area contributed by atoms with Crippen LogP contribution in [0.1, 0.15) is 6.42 Å². The number of halogens is 1. The Kier molecular flexibility index (Phi) is 4.26. The summed E-state index contributed by atoms with van der Waals surface area (Å²) in [7, 11) is 0. The van der Waals surface area contributed by atoms with E-state index in [0.29, 0.717) is 31.9 Å². The van der Waals surface area contributed by atoms with Crippen molar-refractivity contribution in [3.8, 4) is 0 Å². The van der Waals surface area contributed by atoms with Gasteiger partial charge in [-0.05, 0) is 24.3 Å². The van der Waals surface area contributed by atoms with Crippen molar-refractivity contribution < 1.29 is 14.4 Å². The molecule has 0 bridgehead atoms. The van der Waals surface area contributed by atoms with Gasteiger partial charge in [-0.1, -0.05) is 15.9 Å². The molecule has 3 rings (SSSR count). The fourth-order valence-electron chi connectivity index (χ4n) is 2.92. The van der Waals surface area contributed by atoms with E-state index < -0.39 is 6.04 Å². The van der Waals surface area contributed by atoms with Crippen LogP contribution in [0.4, 0.5) is 5.69 Å². The van der Waals surface area contributed by atoms with Gasteiger partial charge in [0.1, 0.15) is 0 Å². The summed E-state index contributed by atoms with van der Waals surface area (Å²) in [5, 5.41) is 0. The molecule has 7 heteroatoms. The predicted octanol–water partition coefficient (Wildman–Crippen LogP) is 0.855. The highest BCUT2D eigenvalue weighted by Crippen LogP contribution is 2.27. The number of carbonyl (C=O) groups is 3. The zero-order valence-electron chi connectivity index (χ0n) is 11.9. The van der Waals surface area contributed by atoms with Gasteiger partial charge in [0.25, 0.3) is 5.91 Å². The van der Waals surface area contributed by atoms with Crippen molar-refractivity contribution in [2.75, 3.05) is 31.1 Å². The van der Waals surface area contributed by atoms with Crippen LogP contribution in [0.25, 0.3) is 0 Å². The summed E-state index contributed by atoms with van der Waals surface area (Å²) < 4.78 is 0.900. The first kappa shape index (κ1) is 15.2. The Morgan fingerprint density at radius 3 is 2.27 bits per heavy atom. The third-order valence-corrected chi connectivity index (χ3v) is 4.68. The average molecular weight is 366 g/mol. The molecule has 0 unspecified atom stereocenters. The Balaban J connectivity index is 1.74. The van der Waals surface area contributed by atoms with E-state index in [2.05, 4.69) is 15.9 Å². The van der Waals surface area contributed by atoms with Crippen molar-refractivity contribution in [1.82, 2.24) is 9.80 Å². The maximum Gasteiger partial charge on any atom is 0.251 e. The van der Waals surface area contributed by atoms with Crippen LogP contribution in [0.5, 0.6) is 0 Å². The summed E-state index contributed by atoms with van der Waals surface area (Å²) in [4.78, 5) is 40.6. The van der Waals surface area contributed by atoms with Gasteiger partial charge in [0.2, 0.25) is 12.3 Å². The average Bonchev–Trinajstić information content (AvgIpc) is 2.83. The fourth-order valence-corrected chi connectivity index (χ4v) is 3.18. The zero-order chi connectivity index (χ0) is 15.7. The standard InChI is InChI=1S/C15H16BrN3O3/c16-11-1-3-12(4-2-11)19-14(21)9-13(15(19)22)18-7-5-17(10-20)6-8-18/h1-4,10,13H,5-9H2/t13-/m1/s1. The Bertz CT molecular complexity index is 597. The van der Waals surface area contributed by atoms with Gasteiger partial charge in [-0.3, -0.25) is 19.3 Å². The van der Waals surface area contributed by atoms with Gasteiger partial charge in [0.15, 0.2) is 0 Å². The molecule has 2 saturated heterocycles. The molecule has 116 valence electrons. The van der Waals surface area contributed by atoms with Crippen LogP contribution in [0.2, 0.25) is 0 Å². The lowest BCUT2D eigenvalue weighted by Crippen LogP contribution is -2.52. The van der Waals surface area contributed by atoms with Crippen LogP contribution in [0, 0.1) is 0 Å². The van der Waals surface area contributed by atoms with E-state index in [-0.39, 0.29) is 18.2 Å². The molecule has 0 N–H and O–H groups in total. The van der Waals surface area contributed by atoms with Gasteiger partial charge >= 0.3 is 0 Å².